The number of phosphoric ester groups is 2. The molecule has 0 aromatic carbocycles. The normalized spacial score (nSPS) is 24.2. The molecule has 0 saturated carbocycles. The zero-order valence-electron chi connectivity index (χ0n) is 17.2. The summed E-state index contributed by atoms with van der Waals surface area (Å²) in [6.45, 7) is -0.102. The molecule has 19 heteroatoms. The lowest BCUT2D eigenvalue weighted by Gasteiger charge is -2.21. The lowest BCUT2D eigenvalue weighted by molar-refractivity contribution is -0.0545. The van der Waals surface area contributed by atoms with Crippen molar-refractivity contribution in [1.82, 2.24) is 14.9 Å². The van der Waals surface area contributed by atoms with Crippen LogP contribution in [0.3, 0.4) is 0 Å². The number of unbranched alkanes of at least 4 members (excludes halogenated alkanes) is 1. The van der Waals surface area contributed by atoms with Gasteiger partial charge in [-0.3, -0.25) is 24.0 Å². The van der Waals surface area contributed by atoms with Crippen LogP contribution in [0.1, 0.15) is 19.1 Å². The van der Waals surface area contributed by atoms with E-state index in [-0.39, 0.29) is 23.9 Å². The predicted octanol–water partition coefficient (Wildman–Crippen LogP) is -2.53. The van der Waals surface area contributed by atoms with Crippen molar-refractivity contribution in [2.45, 2.75) is 37.4 Å². The largest absolute Gasteiger partial charge is 0.470 e. The molecule has 188 valence electrons. The van der Waals surface area contributed by atoms with E-state index in [0.29, 0.717) is 19.4 Å². The first kappa shape index (κ1) is 27.3. The Bertz CT molecular complexity index is 979. The third-order valence-electron chi connectivity index (χ3n) is 4.27. The molecule has 4 atom stereocenters. The van der Waals surface area contributed by atoms with Gasteiger partial charge in [0.05, 0.1) is 6.61 Å². The SMILES string of the molecule is N=C(N)NCCCC/N=c1\nc(N)ccn1[C@@H]1O[C@H](COP(=O)(O)O)[C@@H](OP(=O)(O)O)[C@H]1O. The van der Waals surface area contributed by atoms with Crippen molar-refractivity contribution in [1.29, 1.82) is 5.41 Å². The lowest BCUT2D eigenvalue weighted by Crippen LogP contribution is -2.38. The zero-order chi connectivity index (χ0) is 24.8. The van der Waals surface area contributed by atoms with Gasteiger partial charge >= 0.3 is 15.6 Å². The Morgan fingerprint density at radius 2 is 2.00 bits per heavy atom. The molecule has 0 radical (unpaired) electrons. The molecule has 1 fully saturated rings. The number of rotatable bonds is 11. The molecule has 2 rings (SSSR count). The maximum atomic E-state index is 11.3. The Labute approximate surface area is 187 Å². The minimum absolute atomic E-state index is 0.0186. The Morgan fingerprint density at radius 3 is 2.61 bits per heavy atom. The number of aliphatic hydroxyl groups excluding tert-OH is 1. The quantitative estimate of drug-likeness (QED) is 0.0636. The van der Waals surface area contributed by atoms with E-state index in [1.54, 1.807) is 0 Å². The minimum atomic E-state index is -5.12. The van der Waals surface area contributed by atoms with Gasteiger partial charge in [-0.15, -0.1) is 0 Å². The van der Waals surface area contributed by atoms with Crippen molar-refractivity contribution in [3.8, 4) is 0 Å². The first-order valence-electron chi connectivity index (χ1n) is 9.47. The average Bonchev–Trinajstić information content (AvgIpc) is 2.96. The van der Waals surface area contributed by atoms with Crippen molar-refractivity contribution in [3.05, 3.63) is 17.9 Å². The first-order chi connectivity index (χ1) is 15.3. The number of hydrogen-bond acceptors (Lipinski definition) is 10. The van der Waals surface area contributed by atoms with Gasteiger partial charge in [-0.25, -0.2) is 9.13 Å². The molecule has 11 N–H and O–H groups in total. The van der Waals surface area contributed by atoms with E-state index in [0.717, 1.165) is 0 Å². The van der Waals surface area contributed by atoms with Gasteiger partial charge in [0.2, 0.25) is 5.62 Å². The van der Waals surface area contributed by atoms with Crippen LogP contribution in [0.15, 0.2) is 17.3 Å². The number of nitrogens with two attached hydrogens (primary N) is 2. The van der Waals surface area contributed by atoms with E-state index in [9.17, 15) is 14.2 Å². The van der Waals surface area contributed by atoms with Gasteiger partial charge in [-0.05, 0) is 18.9 Å². The van der Waals surface area contributed by atoms with Crippen molar-refractivity contribution >= 4 is 27.4 Å². The van der Waals surface area contributed by atoms with Crippen LogP contribution in [0.25, 0.3) is 0 Å². The van der Waals surface area contributed by atoms with Crippen molar-refractivity contribution in [3.63, 3.8) is 0 Å². The highest BCUT2D eigenvalue weighted by molar-refractivity contribution is 7.46. The molecule has 0 unspecified atom stereocenters. The standard InChI is InChI=1S/C14H27N7O10P2/c15-9-3-6-21(14(20-9)19-5-2-1-4-18-13(16)17)12-10(22)11(31-33(26,27)28)8(30-12)7-29-32(23,24)25/h3,6,8,10-12,22H,1-2,4-5,7H2,(H2,15,19,20)(H4,16,17,18)(H2,23,24,25)(H2,26,27,28)/t8-,10-,11-,12-/m1/s1. The van der Waals surface area contributed by atoms with Crippen LogP contribution >= 0.6 is 15.6 Å². The topological polar surface area (TPSA) is 281 Å². The number of nitrogens with one attached hydrogen (secondary N) is 2. The maximum absolute atomic E-state index is 11.3. The van der Waals surface area contributed by atoms with Crippen LogP contribution in [-0.2, 0) is 22.9 Å². The molecule has 1 aliphatic rings. The molecule has 0 aliphatic carbocycles. The van der Waals surface area contributed by atoms with E-state index < -0.39 is 46.8 Å². The molecule has 2 heterocycles. The summed E-state index contributed by atoms with van der Waals surface area (Å²) < 4.78 is 38.1. The fraction of sp³-hybridized carbons (Fsp3) is 0.643. The second-order valence-electron chi connectivity index (χ2n) is 6.89. The fourth-order valence-corrected chi connectivity index (χ4v) is 3.85. The zero-order valence-corrected chi connectivity index (χ0v) is 19.0. The second-order valence-corrected chi connectivity index (χ2v) is 9.32. The van der Waals surface area contributed by atoms with Gasteiger partial charge in [0.15, 0.2) is 12.2 Å². The Balaban J connectivity index is 2.24. The molecule has 1 aliphatic heterocycles. The molecule has 0 bridgehead atoms. The van der Waals surface area contributed by atoms with E-state index in [4.69, 9.17) is 41.2 Å². The molecule has 1 saturated heterocycles. The van der Waals surface area contributed by atoms with Gasteiger partial charge in [0.1, 0.15) is 24.1 Å². The number of ether oxygens (including phenoxy) is 1. The van der Waals surface area contributed by atoms with Gasteiger partial charge in [-0.1, -0.05) is 0 Å². The maximum Gasteiger partial charge on any atom is 0.470 e. The van der Waals surface area contributed by atoms with Gasteiger partial charge in [0.25, 0.3) is 0 Å². The number of anilines is 1. The Morgan fingerprint density at radius 1 is 1.30 bits per heavy atom. The number of aromatic nitrogens is 2. The van der Waals surface area contributed by atoms with Crippen molar-refractivity contribution < 1.29 is 47.6 Å². The van der Waals surface area contributed by atoms with Crippen molar-refractivity contribution in [2.24, 2.45) is 10.7 Å². The molecule has 17 nitrogen and oxygen atoms in total. The van der Waals surface area contributed by atoms with Gasteiger partial charge in [-0.2, -0.15) is 4.98 Å². The highest BCUT2D eigenvalue weighted by atomic mass is 31.2. The van der Waals surface area contributed by atoms with Crippen LogP contribution < -0.4 is 22.4 Å². The molecular weight excluding hydrogens is 488 g/mol. The second kappa shape index (κ2) is 11.5. The van der Waals surface area contributed by atoms with Crippen LogP contribution in [0.4, 0.5) is 5.82 Å². The average molecular weight is 515 g/mol. The Kier molecular flexibility index (Phi) is 9.51. The van der Waals surface area contributed by atoms with Crippen LogP contribution in [0.5, 0.6) is 0 Å². The summed E-state index contributed by atoms with van der Waals surface area (Å²) in [7, 11) is -10.1. The highest BCUT2D eigenvalue weighted by Gasteiger charge is 2.49. The third-order valence-corrected chi connectivity index (χ3v) is 5.27. The molecule has 1 aromatic rings. The first-order valence-corrected chi connectivity index (χ1v) is 12.5. The number of aliphatic hydroxyl groups is 1. The third kappa shape index (κ3) is 9.10. The van der Waals surface area contributed by atoms with Crippen molar-refractivity contribution in [2.75, 3.05) is 25.4 Å². The number of nitrogens with zero attached hydrogens (tertiary/aromatic N) is 3. The van der Waals surface area contributed by atoms with E-state index >= 15 is 0 Å². The summed E-state index contributed by atoms with van der Waals surface area (Å²) in [5, 5.41) is 20.4. The smallest absolute Gasteiger partial charge is 0.386 e. The number of nitrogen functional groups attached to an aromatic ring is 1. The Hall–Kier alpha value is -1.91. The summed E-state index contributed by atoms with van der Waals surface area (Å²) in [5.41, 5.74) is 10.9. The van der Waals surface area contributed by atoms with Crippen LogP contribution in [0.2, 0.25) is 0 Å². The molecule has 0 spiro atoms. The number of guanidine groups is 1. The van der Waals surface area contributed by atoms with E-state index in [1.807, 2.05) is 0 Å². The summed E-state index contributed by atoms with van der Waals surface area (Å²) in [4.78, 5) is 44.5. The summed E-state index contributed by atoms with van der Waals surface area (Å²) in [5.74, 6) is -0.0563. The van der Waals surface area contributed by atoms with E-state index in [2.05, 4.69) is 24.3 Å². The summed E-state index contributed by atoms with van der Waals surface area (Å²) >= 11 is 0. The minimum Gasteiger partial charge on any atom is -0.386 e. The summed E-state index contributed by atoms with van der Waals surface area (Å²) in [6, 6.07) is 1.37. The number of hydrogen-bond donors (Lipinski definition) is 9. The monoisotopic (exact) mass is 515 g/mol. The van der Waals surface area contributed by atoms with Crippen LogP contribution in [-0.4, -0.2) is 78.2 Å². The van der Waals surface area contributed by atoms with Gasteiger partial charge < -0.3 is 46.2 Å². The molecular formula is C14H27N7O10P2. The van der Waals surface area contributed by atoms with E-state index in [1.165, 1.54) is 16.8 Å². The number of phosphoric acid groups is 2. The predicted molar refractivity (Wildman–Crippen MR) is 111 cm³/mol. The molecule has 33 heavy (non-hydrogen) atoms. The molecule has 1 aromatic heterocycles. The van der Waals surface area contributed by atoms with Gasteiger partial charge in [0, 0.05) is 19.3 Å². The van der Waals surface area contributed by atoms with Crippen LogP contribution in [0, 0.1) is 5.41 Å². The summed E-state index contributed by atoms with van der Waals surface area (Å²) in [6.07, 6.45) is -3.63. The lowest BCUT2D eigenvalue weighted by atomic mass is 10.1. The fourth-order valence-electron chi connectivity index (χ4n) is 2.93. The molecule has 0 amide bonds. The highest BCUT2D eigenvalue weighted by Crippen LogP contribution is 2.45.